The maximum atomic E-state index is 12.4. The van der Waals surface area contributed by atoms with Gasteiger partial charge in [0.2, 0.25) is 0 Å². The minimum Gasteiger partial charge on any atom is -0.347 e. The van der Waals surface area contributed by atoms with E-state index in [0.29, 0.717) is 22.8 Å². The molecule has 27 heavy (non-hydrogen) atoms. The van der Waals surface area contributed by atoms with Gasteiger partial charge in [-0.1, -0.05) is 41.4 Å². The molecule has 0 saturated carbocycles. The average molecular weight is 380 g/mol. The van der Waals surface area contributed by atoms with Crippen LogP contribution in [0, 0.1) is 6.92 Å². The fraction of sp³-hybridized carbons (Fsp3) is 0.0952. The van der Waals surface area contributed by atoms with Gasteiger partial charge < -0.3 is 10.6 Å². The number of aryl methyl sites for hydroxylation is 1. The van der Waals surface area contributed by atoms with Crippen LogP contribution < -0.4 is 10.6 Å². The molecule has 5 nitrogen and oxygen atoms in total. The lowest BCUT2D eigenvalue weighted by Crippen LogP contribution is -2.24. The Labute approximate surface area is 162 Å². The number of hydrogen-bond donors (Lipinski definition) is 2. The molecule has 0 bridgehead atoms. The molecule has 0 unspecified atom stereocenters. The molecule has 0 saturated heterocycles. The van der Waals surface area contributed by atoms with Gasteiger partial charge in [0.25, 0.3) is 11.8 Å². The number of amides is 2. The van der Waals surface area contributed by atoms with E-state index in [2.05, 4.69) is 15.6 Å². The van der Waals surface area contributed by atoms with E-state index in [1.54, 1.807) is 18.2 Å². The molecule has 0 fully saturated rings. The van der Waals surface area contributed by atoms with Gasteiger partial charge in [-0.25, -0.2) is 0 Å². The van der Waals surface area contributed by atoms with E-state index in [-0.39, 0.29) is 17.5 Å². The number of carbonyl (C=O) groups is 2. The first-order valence-electron chi connectivity index (χ1n) is 8.38. The molecule has 3 rings (SSSR count). The highest BCUT2D eigenvalue weighted by Crippen LogP contribution is 2.12. The summed E-state index contributed by atoms with van der Waals surface area (Å²) in [5, 5.41) is 6.22. The van der Waals surface area contributed by atoms with Crippen LogP contribution in [0.15, 0.2) is 66.9 Å². The van der Waals surface area contributed by atoms with E-state index in [0.717, 1.165) is 11.1 Å². The third kappa shape index (κ3) is 5.15. The molecule has 2 N–H and O–H groups in total. The number of nitrogens with zero attached hydrogens (tertiary/aromatic N) is 1. The molecular weight excluding hydrogens is 362 g/mol. The summed E-state index contributed by atoms with van der Waals surface area (Å²) < 4.78 is 0. The van der Waals surface area contributed by atoms with Crippen LogP contribution in [0.4, 0.5) is 5.69 Å². The van der Waals surface area contributed by atoms with E-state index < -0.39 is 0 Å². The first-order valence-corrected chi connectivity index (χ1v) is 8.76. The second-order valence-corrected chi connectivity index (χ2v) is 6.50. The van der Waals surface area contributed by atoms with Gasteiger partial charge in [-0.2, -0.15) is 0 Å². The van der Waals surface area contributed by atoms with E-state index in [1.165, 1.54) is 12.3 Å². The molecule has 0 radical (unpaired) electrons. The van der Waals surface area contributed by atoms with E-state index in [4.69, 9.17) is 11.6 Å². The highest BCUT2D eigenvalue weighted by Gasteiger charge is 2.12. The molecular formula is C21H18ClN3O2. The summed E-state index contributed by atoms with van der Waals surface area (Å²) in [5.74, 6) is -0.650. The molecule has 2 aromatic carbocycles. The molecule has 3 aromatic rings. The van der Waals surface area contributed by atoms with Gasteiger partial charge in [0.15, 0.2) is 0 Å². The van der Waals surface area contributed by atoms with Crippen molar-refractivity contribution in [2.45, 2.75) is 13.5 Å². The van der Waals surface area contributed by atoms with Crippen molar-refractivity contribution in [1.82, 2.24) is 10.3 Å². The molecule has 136 valence electrons. The summed E-state index contributed by atoms with van der Waals surface area (Å²) >= 11 is 5.85. The van der Waals surface area contributed by atoms with E-state index in [9.17, 15) is 9.59 Å². The number of aromatic nitrogens is 1. The Morgan fingerprint density at radius 3 is 2.37 bits per heavy atom. The van der Waals surface area contributed by atoms with Crippen molar-refractivity contribution in [2.75, 3.05) is 5.32 Å². The summed E-state index contributed by atoms with van der Waals surface area (Å²) in [6.45, 7) is 2.32. The van der Waals surface area contributed by atoms with Crippen LogP contribution in [0.2, 0.25) is 5.02 Å². The summed E-state index contributed by atoms with van der Waals surface area (Å²) in [7, 11) is 0. The zero-order chi connectivity index (χ0) is 19.2. The molecule has 1 aromatic heterocycles. The Balaban J connectivity index is 1.65. The van der Waals surface area contributed by atoms with Crippen molar-refractivity contribution in [1.29, 1.82) is 0 Å². The lowest BCUT2D eigenvalue weighted by Gasteiger charge is -2.08. The highest BCUT2D eigenvalue weighted by atomic mass is 35.5. The topological polar surface area (TPSA) is 71.1 Å². The third-order valence-electron chi connectivity index (χ3n) is 3.93. The number of hydrogen-bond acceptors (Lipinski definition) is 3. The van der Waals surface area contributed by atoms with Gasteiger partial charge in [-0.15, -0.1) is 0 Å². The summed E-state index contributed by atoms with van der Waals surface area (Å²) in [5.41, 5.74) is 3.26. The minimum atomic E-state index is -0.352. The number of halogens is 1. The van der Waals surface area contributed by atoms with Crippen molar-refractivity contribution in [3.63, 3.8) is 0 Å². The fourth-order valence-electron chi connectivity index (χ4n) is 2.41. The van der Waals surface area contributed by atoms with Gasteiger partial charge in [0, 0.05) is 29.0 Å². The summed E-state index contributed by atoms with van der Waals surface area (Å²) in [6, 6.07) is 17.7. The maximum Gasteiger partial charge on any atom is 0.270 e. The van der Waals surface area contributed by atoms with Crippen LogP contribution in [-0.2, 0) is 6.54 Å². The zero-order valence-electron chi connectivity index (χ0n) is 14.7. The summed E-state index contributed by atoms with van der Waals surface area (Å²) in [4.78, 5) is 28.8. The van der Waals surface area contributed by atoms with E-state index >= 15 is 0 Å². The number of rotatable bonds is 5. The van der Waals surface area contributed by atoms with Crippen LogP contribution in [-0.4, -0.2) is 16.8 Å². The van der Waals surface area contributed by atoms with Crippen molar-refractivity contribution in [2.24, 2.45) is 0 Å². The predicted molar refractivity (Wildman–Crippen MR) is 106 cm³/mol. The molecule has 2 amide bonds. The van der Waals surface area contributed by atoms with Crippen molar-refractivity contribution in [3.05, 3.63) is 94.3 Å². The Bertz CT molecular complexity index is 954. The zero-order valence-corrected chi connectivity index (χ0v) is 15.5. The van der Waals surface area contributed by atoms with Gasteiger partial charge in [-0.3, -0.25) is 14.6 Å². The molecule has 0 aliphatic heterocycles. The number of nitrogens with one attached hydrogen (secondary N) is 2. The number of benzene rings is 2. The Morgan fingerprint density at radius 1 is 0.963 bits per heavy atom. The third-order valence-corrected chi connectivity index (χ3v) is 4.18. The highest BCUT2D eigenvalue weighted by molar-refractivity contribution is 6.30. The fourth-order valence-corrected chi connectivity index (χ4v) is 2.54. The van der Waals surface area contributed by atoms with Crippen molar-refractivity contribution in [3.8, 4) is 0 Å². The normalized spacial score (nSPS) is 10.3. The lowest BCUT2D eigenvalue weighted by molar-refractivity contribution is 0.0946. The predicted octanol–water partition coefficient (Wildman–Crippen LogP) is 4.23. The quantitative estimate of drug-likeness (QED) is 0.697. The lowest BCUT2D eigenvalue weighted by atomic mass is 10.2. The average Bonchev–Trinajstić information content (AvgIpc) is 2.69. The monoisotopic (exact) mass is 379 g/mol. The maximum absolute atomic E-state index is 12.4. The minimum absolute atomic E-state index is 0.181. The Kier molecular flexibility index (Phi) is 5.84. The Morgan fingerprint density at radius 2 is 1.67 bits per heavy atom. The summed E-state index contributed by atoms with van der Waals surface area (Å²) in [6.07, 6.45) is 1.45. The molecule has 0 aliphatic rings. The molecule has 0 aliphatic carbocycles. The van der Waals surface area contributed by atoms with Gasteiger partial charge >= 0.3 is 0 Å². The van der Waals surface area contributed by atoms with Crippen molar-refractivity contribution >= 4 is 29.1 Å². The van der Waals surface area contributed by atoms with Crippen LogP contribution in [0.1, 0.15) is 32.0 Å². The van der Waals surface area contributed by atoms with Crippen LogP contribution >= 0.6 is 11.6 Å². The molecule has 0 spiro atoms. The number of anilines is 1. The van der Waals surface area contributed by atoms with Crippen molar-refractivity contribution < 1.29 is 9.59 Å². The Hall–Kier alpha value is -3.18. The second kappa shape index (κ2) is 8.47. The van der Waals surface area contributed by atoms with Gasteiger partial charge in [-0.05, 0) is 48.9 Å². The molecule has 1 heterocycles. The molecule has 6 heteroatoms. The van der Waals surface area contributed by atoms with Gasteiger partial charge in [0.05, 0.1) is 0 Å². The first-order chi connectivity index (χ1) is 13.0. The number of pyridine rings is 1. The van der Waals surface area contributed by atoms with Crippen LogP contribution in [0.25, 0.3) is 0 Å². The first kappa shape index (κ1) is 18.6. The van der Waals surface area contributed by atoms with E-state index in [1.807, 2.05) is 43.3 Å². The number of carbonyl (C=O) groups excluding carboxylic acids is 2. The smallest absolute Gasteiger partial charge is 0.270 e. The van der Waals surface area contributed by atoms with Crippen LogP contribution in [0.3, 0.4) is 0 Å². The second-order valence-electron chi connectivity index (χ2n) is 6.06. The standard InChI is InChI=1S/C21H18ClN3O2/c1-14-2-8-18(9-3-14)25-20(26)16-10-11-23-19(12-16)21(27)24-13-15-4-6-17(22)7-5-15/h2-12H,13H2,1H3,(H,24,27)(H,25,26). The SMILES string of the molecule is Cc1ccc(NC(=O)c2ccnc(C(=O)NCc3ccc(Cl)cc3)c2)cc1. The largest absolute Gasteiger partial charge is 0.347 e. The molecule has 0 atom stereocenters. The van der Waals surface area contributed by atoms with Gasteiger partial charge in [0.1, 0.15) is 5.69 Å². The van der Waals surface area contributed by atoms with Crippen LogP contribution in [0.5, 0.6) is 0 Å².